The Morgan fingerprint density at radius 3 is 2.50 bits per heavy atom. The van der Waals surface area contributed by atoms with Crippen LogP contribution in [0.1, 0.15) is 46.5 Å². The van der Waals surface area contributed by atoms with Gasteiger partial charge in [-0.25, -0.2) is 0 Å². The van der Waals surface area contributed by atoms with E-state index in [1.165, 1.54) is 19.3 Å². The monoisotopic (exact) mass is 166 g/mol. The first-order valence-electron chi connectivity index (χ1n) is 5.00. The topological polar surface area (TPSA) is 17.1 Å². The second-order valence-corrected chi connectivity index (χ2v) is 5.20. The van der Waals surface area contributed by atoms with Crippen LogP contribution in [0.5, 0.6) is 0 Å². The quantitative estimate of drug-likeness (QED) is 0.585. The van der Waals surface area contributed by atoms with Crippen molar-refractivity contribution >= 4 is 5.78 Å². The fourth-order valence-electron chi connectivity index (χ4n) is 3.50. The summed E-state index contributed by atoms with van der Waals surface area (Å²) in [5.74, 6) is 0.793. The van der Waals surface area contributed by atoms with E-state index in [2.05, 4.69) is 13.8 Å². The summed E-state index contributed by atoms with van der Waals surface area (Å²) >= 11 is 0. The van der Waals surface area contributed by atoms with Gasteiger partial charge in [0.05, 0.1) is 0 Å². The van der Waals surface area contributed by atoms with Crippen molar-refractivity contribution in [2.75, 3.05) is 0 Å². The molecule has 1 heteroatoms. The highest BCUT2D eigenvalue weighted by Crippen LogP contribution is 2.69. The summed E-state index contributed by atoms with van der Waals surface area (Å²) in [7, 11) is 0. The molecule has 0 radical (unpaired) electrons. The summed E-state index contributed by atoms with van der Waals surface area (Å²) in [6, 6.07) is 0. The smallest absolute Gasteiger partial charge is 0.133 e. The molecule has 2 rings (SSSR count). The number of fused-ring (bicyclic) bond motifs is 1. The van der Waals surface area contributed by atoms with E-state index >= 15 is 0 Å². The highest BCUT2D eigenvalue weighted by Gasteiger charge is 2.63. The molecule has 0 aromatic heterocycles. The van der Waals surface area contributed by atoms with Crippen LogP contribution in [0, 0.1) is 16.7 Å². The molecule has 3 atom stereocenters. The minimum Gasteiger partial charge on any atom is -0.300 e. The van der Waals surface area contributed by atoms with Gasteiger partial charge in [0.15, 0.2) is 0 Å². The molecule has 0 aromatic carbocycles. The number of ketones is 1. The molecule has 1 nitrogen and oxygen atoms in total. The largest absolute Gasteiger partial charge is 0.300 e. The van der Waals surface area contributed by atoms with E-state index < -0.39 is 0 Å². The van der Waals surface area contributed by atoms with Crippen molar-refractivity contribution in [2.24, 2.45) is 16.7 Å². The van der Waals surface area contributed by atoms with Gasteiger partial charge in [0.25, 0.3) is 0 Å². The van der Waals surface area contributed by atoms with E-state index in [1.807, 2.05) is 0 Å². The third-order valence-corrected chi connectivity index (χ3v) is 4.72. The molecule has 0 aliphatic heterocycles. The Balaban J connectivity index is 2.24. The zero-order valence-electron chi connectivity index (χ0n) is 8.31. The Bertz CT molecular complexity index is 233. The fraction of sp³-hybridized carbons (Fsp3) is 0.909. The van der Waals surface area contributed by atoms with Gasteiger partial charge in [-0.2, -0.15) is 0 Å². The average Bonchev–Trinajstić information content (AvgIpc) is 2.16. The van der Waals surface area contributed by atoms with Crippen LogP contribution in [0.2, 0.25) is 0 Å². The van der Waals surface area contributed by atoms with E-state index in [4.69, 9.17) is 0 Å². The van der Waals surface area contributed by atoms with E-state index in [-0.39, 0.29) is 0 Å². The molecule has 0 amide bonds. The number of carbonyl (C=O) groups is 1. The predicted octanol–water partition coefficient (Wildman–Crippen LogP) is 2.79. The minimum atomic E-state index is 0.360. The minimum absolute atomic E-state index is 0.360. The van der Waals surface area contributed by atoms with Gasteiger partial charge in [0.2, 0.25) is 0 Å². The Morgan fingerprint density at radius 1 is 1.33 bits per heavy atom. The van der Waals surface area contributed by atoms with E-state index in [9.17, 15) is 4.79 Å². The van der Waals surface area contributed by atoms with E-state index in [0.29, 0.717) is 22.5 Å². The molecule has 2 saturated carbocycles. The van der Waals surface area contributed by atoms with Crippen LogP contribution in [0.4, 0.5) is 0 Å². The Morgan fingerprint density at radius 2 is 2.00 bits per heavy atom. The zero-order valence-corrected chi connectivity index (χ0v) is 8.31. The van der Waals surface area contributed by atoms with Gasteiger partial charge in [0, 0.05) is 5.92 Å². The maximum absolute atomic E-state index is 11.3. The fourth-order valence-corrected chi connectivity index (χ4v) is 3.50. The highest BCUT2D eigenvalue weighted by atomic mass is 16.1. The van der Waals surface area contributed by atoms with Crippen LogP contribution in [0.3, 0.4) is 0 Å². The summed E-state index contributed by atoms with van der Waals surface area (Å²) in [5.41, 5.74) is 0.863. The number of carbonyl (C=O) groups excluding carboxylic acids is 1. The molecular formula is C11H18O. The summed E-state index contributed by atoms with van der Waals surface area (Å²) in [5, 5.41) is 0. The summed E-state index contributed by atoms with van der Waals surface area (Å²) in [4.78, 5) is 11.3. The Kier molecular flexibility index (Phi) is 1.47. The van der Waals surface area contributed by atoms with Crippen molar-refractivity contribution < 1.29 is 4.79 Å². The zero-order chi connectivity index (χ0) is 8.98. The van der Waals surface area contributed by atoms with Crippen molar-refractivity contribution in [3.05, 3.63) is 0 Å². The number of hydrogen-bond acceptors (Lipinski definition) is 1. The van der Waals surface area contributed by atoms with Crippen molar-refractivity contribution in [1.29, 1.82) is 0 Å². The lowest BCUT2D eigenvalue weighted by molar-refractivity contribution is -0.148. The summed E-state index contributed by atoms with van der Waals surface area (Å²) < 4.78 is 0. The lowest BCUT2D eigenvalue weighted by atomic mass is 9.46. The van der Waals surface area contributed by atoms with Gasteiger partial charge in [-0.1, -0.05) is 20.3 Å². The van der Waals surface area contributed by atoms with E-state index in [0.717, 1.165) is 6.42 Å². The van der Waals surface area contributed by atoms with Crippen molar-refractivity contribution in [3.8, 4) is 0 Å². The average molecular weight is 166 g/mol. The standard InChI is InChI=1S/C11H18O/c1-8(12)9-7-10(2)5-4-6-11(9,10)3/h9H,4-7H2,1-3H3/t9-,10-,11+/m1/s1. The van der Waals surface area contributed by atoms with Gasteiger partial charge >= 0.3 is 0 Å². The van der Waals surface area contributed by atoms with Crippen LogP contribution in [-0.2, 0) is 4.79 Å². The van der Waals surface area contributed by atoms with Gasteiger partial charge in [-0.15, -0.1) is 0 Å². The van der Waals surface area contributed by atoms with Crippen LogP contribution in [0.25, 0.3) is 0 Å². The number of rotatable bonds is 1. The molecule has 2 aliphatic carbocycles. The SMILES string of the molecule is CC(=O)[C@H]1C[C@@]2(C)CCC[C@@]12C. The molecular weight excluding hydrogens is 148 g/mol. The predicted molar refractivity (Wildman–Crippen MR) is 48.9 cm³/mol. The van der Waals surface area contributed by atoms with Gasteiger partial charge in [-0.3, -0.25) is 4.79 Å². The normalized spacial score (nSPS) is 51.4. The lowest BCUT2D eigenvalue weighted by Crippen LogP contribution is -2.54. The highest BCUT2D eigenvalue weighted by molar-refractivity contribution is 5.80. The molecule has 12 heavy (non-hydrogen) atoms. The van der Waals surface area contributed by atoms with Crippen LogP contribution >= 0.6 is 0 Å². The first-order valence-corrected chi connectivity index (χ1v) is 5.00. The number of Topliss-reactive ketones (excluding diaryl/α,β-unsaturated/α-hetero) is 1. The molecule has 0 saturated heterocycles. The van der Waals surface area contributed by atoms with Crippen molar-refractivity contribution in [1.82, 2.24) is 0 Å². The molecule has 0 bridgehead atoms. The third-order valence-electron chi connectivity index (χ3n) is 4.72. The van der Waals surface area contributed by atoms with Gasteiger partial charge in [0.1, 0.15) is 5.78 Å². The molecule has 0 spiro atoms. The number of hydrogen-bond donors (Lipinski definition) is 0. The van der Waals surface area contributed by atoms with Crippen molar-refractivity contribution in [3.63, 3.8) is 0 Å². The Labute approximate surface area is 74.5 Å². The lowest BCUT2D eigenvalue weighted by Gasteiger charge is -2.57. The summed E-state index contributed by atoms with van der Waals surface area (Å²) in [6.07, 6.45) is 5.09. The molecule has 2 aliphatic rings. The van der Waals surface area contributed by atoms with Gasteiger partial charge in [-0.05, 0) is 37.0 Å². The van der Waals surface area contributed by atoms with Crippen LogP contribution in [0.15, 0.2) is 0 Å². The third kappa shape index (κ3) is 0.725. The molecule has 0 N–H and O–H groups in total. The first kappa shape index (κ1) is 8.28. The van der Waals surface area contributed by atoms with E-state index in [1.54, 1.807) is 6.92 Å². The first-order chi connectivity index (χ1) is 5.50. The maximum Gasteiger partial charge on any atom is 0.133 e. The molecule has 0 unspecified atom stereocenters. The molecule has 2 fully saturated rings. The van der Waals surface area contributed by atoms with Crippen molar-refractivity contribution in [2.45, 2.75) is 46.5 Å². The Hall–Kier alpha value is -0.330. The van der Waals surface area contributed by atoms with Crippen LogP contribution in [-0.4, -0.2) is 5.78 Å². The second kappa shape index (κ2) is 2.12. The molecule has 68 valence electrons. The van der Waals surface area contributed by atoms with Gasteiger partial charge < -0.3 is 0 Å². The second-order valence-electron chi connectivity index (χ2n) is 5.20. The summed E-state index contributed by atoms with van der Waals surface area (Å²) in [6.45, 7) is 6.43. The molecule has 0 aromatic rings. The maximum atomic E-state index is 11.3. The van der Waals surface area contributed by atoms with Crippen LogP contribution < -0.4 is 0 Å². The molecule has 0 heterocycles.